The van der Waals surface area contributed by atoms with Crippen LogP contribution < -0.4 is 0 Å². The summed E-state index contributed by atoms with van der Waals surface area (Å²) in [6.45, 7) is 1.11. The van der Waals surface area contributed by atoms with Crippen LogP contribution in [-0.2, 0) is 17.8 Å². The van der Waals surface area contributed by atoms with E-state index in [1.54, 1.807) is 11.0 Å². The molecule has 0 bridgehead atoms. The molecule has 1 heterocycles. The molecule has 6 nitrogen and oxygen atoms in total. The highest BCUT2D eigenvalue weighted by Crippen LogP contribution is 2.23. The van der Waals surface area contributed by atoms with E-state index in [2.05, 4.69) is 0 Å². The summed E-state index contributed by atoms with van der Waals surface area (Å²) in [6.07, 6.45) is 0.737. The van der Waals surface area contributed by atoms with E-state index in [9.17, 15) is 14.9 Å². The van der Waals surface area contributed by atoms with E-state index in [4.69, 9.17) is 5.11 Å². The van der Waals surface area contributed by atoms with E-state index in [1.807, 2.05) is 0 Å². The predicted molar refractivity (Wildman–Crippen MR) is 59.7 cm³/mol. The average Bonchev–Trinajstić information content (AvgIpc) is 2.27. The van der Waals surface area contributed by atoms with Gasteiger partial charge in [-0.25, -0.2) is 0 Å². The molecule has 1 aliphatic rings. The van der Waals surface area contributed by atoms with Crippen molar-refractivity contribution in [3.05, 3.63) is 39.4 Å². The topological polar surface area (TPSA) is 83.7 Å². The lowest BCUT2D eigenvalue weighted by atomic mass is 9.99. The van der Waals surface area contributed by atoms with E-state index in [0.29, 0.717) is 13.1 Å². The van der Waals surface area contributed by atoms with Crippen LogP contribution in [0.15, 0.2) is 18.2 Å². The third kappa shape index (κ3) is 2.59. The van der Waals surface area contributed by atoms with Crippen LogP contribution in [0.2, 0.25) is 0 Å². The Balaban J connectivity index is 2.20. The number of carbonyl (C=O) groups is 1. The minimum atomic E-state index is -0.876. The van der Waals surface area contributed by atoms with Gasteiger partial charge in [-0.3, -0.25) is 19.8 Å². The molecule has 0 aromatic heterocycles. The zero-order chi connectivity index (χ0) is 12.4. The van der Waals surface area contributed by atoms with Crippen LogP contribution in [0.25, 0.3) is 0 Å². The first kappa shape index (κ1) is 11.5. The highest BCUT2D eigenvalue weighted by atomic mass is 16.6. The molecule has 0 amide bonds. The second-order valence-electron chi connectivity index (χ2n) is 4.06. The highest BCUT2D eigenvalue weighted by molar-refractivity contribution is 5.69. The number of carboxylic acid groups (broad SMARTS) is 1. The summed E-state index contributed by atoms with van der Waals surface area (Å²) in [6, 6.07) is 4.78. The molecule has 1 aliphatic heterocycles. The summed E-state index contributed by atoms with van der Waals surface area (Å²) in [5, 5.41) is 19.4. The summed E-state index contributed by atoms with van der Waals surface area (Å²) in [4.78, 5) is 22.6. The first-order valence-electron chi connectivity index (χ1n) is 5.26. The van der Waals surface area contributed by atoms with Gasteiger partial charge in [-0.2, -0.15) is 0 Å². The lowest BCUT2D eigenvalue weighted by Crippen LogP contribution is -2.34. The number of benzene rings is 1. The number of rotatable bonds is 3. The van der Waals surface area contributed by atoms with Crippen molar-refractivity contribution in [2.45, 2.75) is 13.0 Å². The van der Waals surface area contributed by atoms with E-state index in [1.165, 1.54) is 12.1 Å². The van der Waals surface area contributed by atoms with Gasteiger partial charge in [-0.15, -0.1) is 0 Å². The monoisotopic (exact) mass is 236 g/mol. The summed E-state index contributed by atoms with van der Waals surface area (Å²) in [5.41, 5.74) is 1.98. The molecule has 0 radical (unpaired) electrons. The number of nitrogens with zero attached hydrogens (tertiary/aromatic N) is 2. The lowest BCUT2D eigenvalue weighted by molar-refractivity contribution is -0.385. The Labute approximate surface area is 97.6 Å². The van der Waals surface area contributed by atoms with E-state index in [0.717, 1.165) is 17.5 Å². The van der Waals surface area contributed by atoms with Gasteiger partial charge >= 0.3 is 5.97 Å². The summed E-state index contributed by atoms with van der Waals surface area (Å²) in [7, 11) is 0. The molecule has 2 rings (SSSR count). The van der Waals surface area contributed by atoms with Gasteiger partial charge in [-0.05, 0) is 17.5 Å². The van der Waals surface area contributed by atoms with Crippen LogP contribution in [0.1, 0.15) is 11.1 Å². The molecular formula is C11H12N2O4. The molecule has 6 heteroatoms. The second-order valence-corrected chi connectivity index (χ2v) is 4.06. The first-order valence-corrected chi connectivity index (χ1v) is 5.26. The SMILES string of the molecule is O=C(O)CN1CCc2ccc([N+](=O)[O-])cc2C1. The smallest absolute Gasteiger partial charge is 0.317 e. The number of hydrogen-bond donors (Lipinski definition) is 1. The van der Waals surface area contributed by atoms with Gasteiger partial charge in [0.05, 0.1) is 11.5 Å². The van der Waals surface area contributed by atoms with Crippen LogP contribution in [-0.4, -0.2) is 34.0 Å². The van der Waals surface area contributed by atoms with Crippen LogP contribution in [0, 0.1) is 10.1 Å². The van der Waals surface area contributed by atoms with Gasteiger partial charge in [0.2, 0.25) is 0 Å². The van der Waals surface area contributed by atoms with Crippen LogP contribution in [0.3, 0.4) is 0 Å². The average molecular weight is 236 g/mol. The molecule has 0 fully saturated rings. The Morgan fingerprint density at radius 3 is 2.88 bits per heavy atom. The van der Waals surface area contributed by atoms with Crippen LogP contribution >= 0.6 is 0 Å². The molecular weight excluding hydrogens is 224 g/mol. The quantitative estimate of drug-likeness (QED) is 0.626. The van der Waals surface area contributed by atoms with Crippen molar-refractivity contribution < 1.29 is 14.8 Å². The molecule has 0 aliphatic carbocycles. The molecule has 1 N–H and O–H groups in total. The Bertz CT molecular complexity index is 473. The highest BCUT2D eigenvalue weighted by Gasteiger charge is 2.20. The zero-order valence-corrected chi connectivity index (χ0v) is 9.13. The first-order chi connectivity index (χ1) is 8.06. The maximum atomic E-state index is 10.6. The van der Waals surface area contributed by atoms with Crippen LogP contribution in [0.4, 0.5) is 5.69 Å². The fourth-order valence-electron chi connectivity index (χ4n) is 2.04. The maximum absolute atomic E-state index is 10.6. The lowest BCUT2D eigenvalue weighted by Gasteiger charge is -2.26. The van der Waals surface area contributed by atoms with E-state index >= 15 is 0 Å². The largest absolute Gasteiger partial charge is 0.480 e. The third-order valence-corrected chi connectivity index (χ3v) is 2.85. The third-order valence-electron chi connectivity index (χ3n) is 2.85. The normalized spacial score (nSPS) is 15.3. The van der Waals surface area contributed by atoms with Gasteiger partial charge in [-0.1, -0.05) is 6.07 Å². The van der Waals surface area contributed by atoms with Crippen molar-refractivity contribution in [2.24, 2.45) is 0 Å². The molecule has 0 unspecified atom stereocenters. The van der Waals surface area contributed by atoms with Gasteiger partial charge in [0.15, 0.2) is 0 Å². The van der Waals surface area contributed by atoms with Crippen LogP contribution in [0.5, 0.6) is 0 Å². The molecule has 0 spiro atoms. The second kappa shape index (κ2) is 4.50. The molecule has 1 aromatic rings. The summed E-state index contributed by atoms with van der Waals surface area (Å²) >= 11 is 0. The Morgan fingerprint density at radius 1 is 1.47 bits per heavy atom. The van der Waals surface area contributed by atoms with Crippen molar-refractivity contribution >= 4 is 11.7 Å². The number of nitro benzene ring substituents is 1. The van der Waals surface area contributed by atoms with Crippen molar-refractivity contribution in [1.82, 2.24) is 4.90 Å². The Hall–Kier alpha value is -1.95. The molecule has 90 valence electrons. The fraction of sp³-hybridized carbons (Fsp3) is 0.364. The van der Waals surface area contributed by atoms with Gasteiger partial charge in [0, 0.05) is 25.2 Å². The molecule has 0 saturated carbocycles. The number of nitro groups is 1. The van der Waals surface area contributed by atoms with Crippen molar-refractivity contribution in [1.29, 1.82) is 0 Å². The number of hydrogen-bond acceptors (Lipinski definition) is 4. The fourth-order valence-corrected chi connectivity index (χ4v) is 2.04. The number of aliphatic carboxylic acids is 1. The minimum Gasteiger partial charge on any atom is -0.480 e. The van der Waals surface area contributed by atoms with E-state index < -0.39 is 10.9 Å². The van der Waals surface area contributed by atoms with Gasteiger partial charge in [0.25, 0.3) is 5.69 Å². The maximum Gasteiger partial charge on any atom is 0.317 e. The van der Waals surface area contributed by atoms with Gasteiger partial charge in [0.1, 0.15) is 0 Å². The summed E-state index contributed by atoms with van der Waals surface area (Å²) in [5.74, 6) is -0.876. The number of non-ortho nitro benzene ring substituents is 1. The van der Waals surface area contributed by atoms with Gasteiger partial charge < -0.3 is 5.11 Å². The van der Waals surface area contributed by atoms with Crippen molar-refractivity contribution in [2.75, 3.05) is 13.1 Å². The van der Waals surface area contributed by atoms with E-state index in [-0.39, 0.29) is 12.2 Å². The Morgan fingerprint density at radius 2 is 2.24 bits per heavy atom. The molecule has 1 aromatic carbocycles. The Kier molecular flexibility index (Phi) is 3.06. The van der Waals surface area contributed by atoms with Crippen molar-refractivity contribution in [3.63, 3.8) is 0 Å². The number of carboxylic acids is 1. The molecule has 0 saturated heterocycles. The summed E-state index contributed by atoms with van der Waals surface area (Å²) < 4.78 is 0. The number of fused-ring (bicyclic) bond motifs is 1. The molecule has 0 atom stereocenters. The predicted octanol–water partition coefficient (Wildman–Crippen LogP) is 1.04. The minimum absolute atomic E-state index is 0.0257. The molecule has 17 heavy (non-hydrogen) atoms. The zero-order valence-electron chi connectivity index (χ0n) is 9.13. The standard InChI is InChI=1S/C11H12N2O4/c14-11(15)7-12-4-3-8-1-2-10(13(16)17)5-9(8)6-12/h1-2,5H,3-4,6-7H2,(H,14,15). The van der Waals surface area contributed by atoms with Crippen molar-refractivity contribution in [3.8, 4) is 0 Å².